The van der Waals surface area contributed by atoms with Crippen molar-refractivity contribution in [2.24, 2.45) is 17.3 Å². The predicted molar refractivity (Wildman–Crippen MR) is 136 cm³/mol. The zero-order valence-electron chi connectivity index (χ0n) is 23.8. The van der Waals surface area contributed by atoms with E-state index in [0.29, 0.717) is 5.57 Å². The van der Waals surface area contributed by atoms with E-state index in [1.807, 2.05) is 0 Å². The summed E-state index contributed by atoms with van der Waals surface area (Å²) >= 11 is 0. The molecule has 0 radical (unpaired) electrons. The highest BCUT2D eigenvalue weighted by molar-refractivity contribution is 5.78. The average molecular weight is 567 g/mol. The van der Waals surface area contributed by atoms with Crippen LogP contribution in [0.4, 0.5) is 0 Å². The number of carbonyl (C=O) groups is 5. The lowest BCUT2D eigenvalue weighted by Gasteiger charge is -2.55. The lowest BCUT2D eigenvalue weighted by molar-refractivity contribution is -0.218. The second-order valence-corrected chi connectivity index (χ2v) is 11.0. The fourth-order valence-electron chi connectivity index (χ4n) is 6.41. The van der Waals surface area contributed by atoms with Crippen LogP contribution in [0, 0.1) is 17.3 Å². The largest absolute Gasteiger partial charge is 0.462 e. The average Bonchev–Trinajstić information content (AvgIpc) is 3.05. The van der Waals surface area contributed by atoms with Crippen LogP contribution in [-0.2, 0) is 47.7 Å². The molecule has 2 aliphatic carbocycles. The van der Waals surface area contributed by atoms with Gasteiger partial charge in [-0.2, -0.15) is 0 Å². The van der Waals surface area contributed by atoms with E-state index in [1.165, 1.54) is 33.8 Å². The Morgan fingerprint density at radius 2 is 1.52 bits per heavy atom. The topological polar surface area (TPSA) is 172 Å². The second-order valence-electron chi connectivity index (χ2n) is 11.0. The van der Waals surface area contributed by atoms with Crippen molar-refractivity contribution in [3.05, 3.63) is 23.3 Å². The van der Waals surface area contributed by atoms with Gasteiger partial charge in [0.2, 0.25) is 0 Å². The number of hydrogen-bond acceptors (Lipinski definition) is 12. The van der Waals surface area contributed by atoms with E-state index in [4.69, 9.17) is 23.7 Å². The van der Waals surface area contributed by atoms with Crippen molar-refractivity contribution >= 4 is 29.8 Å². The minimum absolute atomic E-state index is 0.0633. The van der Waals surface area contributed by atoms with Gasteiger partial charge in [0.25, 0.3) is 0 Å². The van der Waals surface area contributed by atoms with E-state index in [2.05, 4.69) is 0 Å². The van der Waals surface area contributed by atoms with Gasteiger partial charge in [-0.1, -0.05) is 18.6 Å². The molecule has 3 aliphatic rings. The first-order valence-corrected chi connectivity index (χ1v) is 13.2. The summed E-state index contributed by atoms with van der Waals surface area (Å²) in [4.78, 5) is 62.3. The van der Waals surface area contributed by atoms with Gasteiger partial charge in [0, 0.05) is 46.5 Å². The van der Waals surface area contributed by atoms with Crippen molar-refractivity contribution in [1.29, 1.82) is 0 Å². The quantitative estimate of drug-likeness (QED) is 0.278. The molecule has 222 valence electrons. The molecule has 12 nitrogen and oxygen atoms in total. The van der Waals surface area contributed by atoms with Crippen LogP contribution < -0.4 is 0 Å². The molecule has 0 aromatic rings. The van der Waals surface area contributed by atoms with Gasteiger partial charge >= 0.3 is 29.8 Å². The predicted octanol–water partition coefficient (Wildman–Crippen LogP) is 1.30. The van der Waals surface area contributed by atoms with E-state index < -0.39 is 89.8 Å². The van der Waals surface area contributed by atoms with Crippen LogP contribution in [0.5, 0.6) is 0 Å². The number of esters is 5. The summed E-state index contributed by atoms with van der Waals surface area (Å²) in [5, 5.41) is 22.7. The summed E-state index contributed by atoms with van der Waals surface area (Å²) in [6, 6.07) is 0. The number of rotatable bonds is 5. The number of carbonyl (C=O) groups excluding carboxylic acids is 5. The Balaban J connectivity index is 2.45. The lowest BCUT2D eigenvalue weighted by Crippen LogP contribution is -2.65. The summed E-state index contributed by atoms with van der Waals surface area (Å²) in [6.07, 6.45) is -3.13. The molecule has 0 bridgehead atoms. The van der Waals surface area contributed by atoms with Gasteiger partial charge in [0.15, 0.2) is 11.7 Å². The van der Waals surface area contributed by atoms with Crippen LogP contribution in [0.15, 0.2) is 23.3 Å². The van der Waals surface area contributed by atoms with E-state index in [9.17, 15) is 34.2 Å². The summed E-state index contributed by atoms with van der Waals surface area (Å²) in [7, 11) is 0. The van der Waals surface area contributed by atoms with Crippen molar-refractivity contribution < 1.29 is 57.9 Å². The molecule has 40 heavy (non-hydrogen) atoms. The highest BCUT2D eigenvalue weighted by Crippen LogP contribution is 2.55. The zero-order chi connectivity index (χ0) is 30.2. The zero-order valence-corrected chi connectivity index (χ0v) is 23.8. The van der Waals surface area contributed by atoms with Crippen molar-refractivity contribution in [3.8, 4) is 0 Å². The molecular weight excluding hydrogens is 528 g/mol. The Labute approximate surface area is 232 Å². The maximum absolute atomic E-state index is 12.9. The maximum Gasteiger partial charge on any atom is 0.312 e. The molecule has 1 saturated heterocycles. The number of fused-ring (bicyclic) bond motifs is 2. The lowest BCUT2D eigenvalue weighted by atomic mass is 9.56. The number of hydrogen-bond donors (Lipinski definition) is 2. The molecule has 0 aromatic heterocycles. The maximum atomic E-state index is 12.9. The monoisotopic (exact) mass is 566 g/mol. The molecule has 3 rings (SSSR count). The first-order valence-electron chi connectivity index (χ1n) is 13.2. The van der Waals surface area contributed by atoms with Gasteiger partial charge in [-0.05, 0) is 25.5 Å². The summed E-state index contributed by atoms with van der Waals surface area (Å²) in [6.45, 7) is 8.88. The summed E-state index contributed by atoms with van der Waals surface area (Å²) in [5.74, 6) is -5.77. The Morgan fingerprint density at radius 3 is 2.05 bits per heavy atom. The van der Waals surface area contributed by atoms with E-state index >= 15 is 0 Å². The molecule has 1 fully saturated rings. The Kier molecular flexibility index (Phi) is 9.15. The van der Waals surface area contributed by atoms with Gasteiger partial charge in [0.1, 0.15) is 24.4 Å². The molecular formula is C28H38O12. The van der Waals surface area contributed by atoms with Crippen LogP contribution >= 0.6 is 0 Å². The Hall–Kier alpha value is -3.25. The SMILES string of the molecule is CC(=O)OC1CC(OC(C)=O)C2(C)C(OC(C)=O)CC=C(C)C2C(OC(C)=O)C2(O)C(C=C1CO)OC(=O)C2C. The molecule has 0 saturated carbocycles. The van der Waals surface area contributed by atoms with Crippen molar-refractivity contribution in [2.45, 2.75) is 97.4 Å². The van der Waals surface area contributed by atoms with Gasteiger partial charge in [0.05, 0.1) is 17.9 Å². The molecule has 9 unspecified atom stereocenters. The third-order valence-electron chi connectivity index (χ3n) is 8.31. The number of ether oxygens (including phenoxy) is 5. The fraction of sp³-hybridized carbons (Fsp3) is 0.679. The third-order valence-corrected chi connectivity index (χ3v) is 8.31. The van der Waals surface area contributed by atoms with E-state index in [1.54, 1.807) is 19.9 Å². The molecule has 12 heteroatoms. The molecule has 1 heterocycles. The Bertz CT molecular complexity index is 1120. The smallest absolute Gasteiger partial charge is 0.312 e. The number of aliphatic hydroxyl groups excluding tert-OH is 1. The second kappa shape index (κ2) is 11.7. The standard InChI is InChI=1S/C28H38O12/c1-13-8-9-21(37-16(4)31)27(7)22(38-17(5)32)11-20(36-15(3)30)19(12-29)10-23-28(35,14(2)26(34)40-23)25(24(13)27)39-18(6)33/h8,10,14,20-25,29,35H,9,11-12H2,1-7H3. The van der Waals surface area contributed by atoms with Crippen LogP contribution in [0.2, 0.25) is 0 Å². The van der Waals surface area contributed by atoms with Gasteiger partial charge in [-0.15, -0.1) is 0 Å². The minimum atomic E-state index is -2.19. The van der Waals surface area contributed by atoms with Gasteiger partial charge in [-0.3, -0.25) is 24.0 Å². The third kappa shape index (κ3) is 5.64. The highest BCUT2D eigenvalue weighted by atomic mass is 16.6. The minimum Gasteiger partial charge on any atom is -0.462 e. The first-order chi connectivity index (χ1) is 18.6. The van der Waals surface area contributed by atoms with E-state index in [0.717, 1.165) is 6.92 Å². The van der Waals surface area contributed by atoms with Crippen LogP contribution in [0.1, 0.15) is 61.3 Å². The Morgan fingerprint density at radius 1 is 0.975 bits per heavy atom. The molecule has 0 amide bonds. The molecule has 1 aliphatic heterocycles. The fourth-order valence-corrected chi connectivity index (χ4v) is 6.41. The first kappa shape index (κ1) is 31.3. The summed E-state index contributed by atoms with van der Waals surface area (Å²) in [5.41, 5.74) is -2.92. The van der Waals surface area contributed by atoms with E-state index in [-0.39, 0.29) is 18.4 Å². The molecule has 0 aromatic carbocycles. The normalized spacial score (nSPS) is 37.4. The van der Waals surface area contributed by atoms with Crippen LogP contribution in [0.25, 0.3) is 0 Å². The molecule has 9 atom stereocenters. The van der Waals surface area contributed by atoms with Crippen LogP contribution in [0.3, 0.4) is 0 Å². The number of aliphatic hydroxyl groups is 2. The molecule has 2 N–H and O–H groups in total. The van der Waals surface area contributed by atoms with Crippen molar-refractivity contribution in [1.82, 2.24) is 0 Å². The van der Waals surface area contributed by atoms with Crippen LogP contribution in [-0.4, -0.2) is 82.8 Å². The summed E-state index contributed by atoms with van der Waals surface area (Å²) < 4.78 is 28.5. The highest BCUT2D eigenvalue weighted by Gasteiger charge is 2.67. The van der Waals surface area contributed by atoms with Gasteiger partial charge in [-0.25, -0.2) is 0 Å². The van der Waals surface area contributed by atoms with Crippen molar-refractivity contribution in [3.63, 3.8) is 0 Å². The molecule has 0 spiro atoms. The van der Waals surface area contributed by atoms with Gasteiger partial charge < -0.3 is 33.9 Å². The van der Waals surface area contributed by atoms with Crippen molar-refractivity contribution in [2.75, 3.05) is 6.61 Å².